The molecule has 1 aromatic carbocycles. The Hall–Kier alpha value is -3.78. The molecule has 1 saturated carbocycles. The van der Waals surface area contributed by atoms with Gasteiger partial charge in [-0.3, -0.25) is 9.36 Å². The first-order valence-electron chi connectivity index (χ1n) is 14.8. The smallest absolute Gasteiger partial charge is 0.421 e. The van der Waals surface area contributed by atoms with E-state index in [1.54, 1.807) is 26.1 Å². The van der Waals surface area contributed by atoms with Gasteiger partial charge in [-0.05, 0) is 67.3 Å². The summed E-state index contributed by atoms with van der Waals surface area (Å²) in [5.41, 5.74) is 1.57. The van der Waals surface area contributed by atoms with Crippen LogP contribution in [0.5, 0.6) is 5.75 Å². The number of nitrogens with zero attached hydrogens (tertiary/aromatic N) is 4. The number of pyridine rings is 1. The Bertz CT molecular complexity index is 1650. The van der Waals surface area contributed by atoms with Crippen molar-refractivity contribution in [3.05, 3.63) is 58.4 Å². The first kappa shape index (κ1) is 33.6. The number of rotatable bonds is 11. The van der Waals surface area contributed by atoms with E-state index in [9.17, 15) is 27.6 Å². The van der Waals surface area contributed by atoms with Gasteiger partial charge in [0, 0.05) is 33.1 Å². The number of amides is 1. The number of hydrogen-bond donors (Lipinski definition) is 3. The van der Waals surface area contributed by atoms with Crippen molar-refractivity contribution in [1.82, 2.24) is 19.9 Å². The van der Waals surface area contributed by atoms with Gasteiger partial charge in [-0.25, -0.2) is 9.97 Å². The van der Waals surface area contributed by atoms with Crippen LogP contribution in [0.2, 0.25) is 0 Å². The van der Waals surface area contributed by atoms with E-state index < -0.39 is 25.2 Å². The van der Waals surface area contributed by atoms with Gasteiger partial charge in [-0.15, -0.1) is 0 Å². The predicted octanol–water partition coefficient (Wildman–Crippen LogP) is 6.37. The maximum absolute atomic E-state index is 14.1. The van der Waals surface area contributed by atoms with Crippen molar-refractivity contribution in [3.8, 4) is 5.75 Å². The number of ether oxygens (including phenoxy) is 1. The Balaban J connectivity index is 1.47. The maximum atomic E-state index is 14.1. The van der Waals surface area contributed by atoms with Crippen LogP contribution < -0.4 is 15.4 Å². The molecular formula is C30H36F3N6O6P. The quantitative estimate of drug-likeness (QED) is 0.197. The highest BCUT2D eigenvalue weighted by Gasteiger charge is 2.37. The second kappa shape index (κ2) is 13.5. The zero-order valence-corrected chi connectivity index (χ0v) is 26.7. The van der Waals surface area contributed by atoms with Gasteiger partial charge in [0.05, 0.1) is 37.2 Å². The summed E-state index contributed by atoms with van der Waals surface area (Å²) in [5, 5.41) is 15.5. The van der Waals surface area contributed by atoms with E-state index >= 15 is 0 Å². The average molecular weight is 665 g/mol. The van der Waals surface area contributed by atoms with Gasteiger partial charge < -0.3 is 34.4 Å². The summed E-state index contributed by atoms with van der Waals surface area (Å²) in [6.45, 7) is 2.19. The fraction of sp³-hybridized carbons (Fsp3) is 0.467. The van der Waals surface area contributed by atoms with Gasteiger partial charge in [0.1, 0.15) is 11.4 Å². The van der Waals surface area contributed by atoms with Gasteiger partial charge in [-0.2, -0.15) is 18.2 Å². The van der Waals surface area contributed by atoms with E-state index in [-0.39, 0.29) is 53.9 Å². The maximum Gasteiger partial charge on any atom is 0.421 e. The van der Waals surface area contributed by atoms with Gasteiger partial charge in [0.15, 0.2) is 11.6 Å². The van der Waals surface area contributed by atoms with Crippen LogP contribution in [0.1, 0.15) is 71.1 Å². The van der Waals surface area contributed by atoms with Crippen molar-refractivity contribution in [1.29, 1.82) is 0 Å². The van der Waals surface area contributed by atoms with Gasteiger partial charge >= 0.3 is 13.8 Å². The third-order valence-electron chi connectivity index (χ3n) is 8.13. The molecule has 1 atom stereocenters. The number of halogens is 3. The summed E-state index contributed by atoms with van der Waals surface area (Å²) in [5.74, 6) is -0.667. The van der Waals surface area contributed by atoms with Crippen LogP contribution in [0.3, 0.4) is 0 Å². The van der Waals surface area contributed by atoms with Crippen molar-refractivity contribution in [3.63, 3.8) is 0 Å². The molecule has 0 radical (unpaired) electrons. The van der Waals surface area contributed by atoms with Gasteiger partial charge in [0.2, 0.25) is 5.95 Å². The summed E-state index contributed by atoms with van der Waals surface area (Å²) >= 11 is 0. The summed E-state index contributed by atoms with van der Waals surface area (Å²) in [7, 11) is 0.883. The van der Waals surface area contributed by atoms with Crippen molar-refractivity contribution >= 4 is 36.8 Å². The van der Waals surface area contributed by atoms with E-state index in [2.05, 4.69) is 25.6 Å². The SMILES string of the molecule is CCOP(=O)(Cc1cnc(Nc2ncc(C(F)(F)F)c(Nc3ccc([C@H]4CC[C@H](O)CC4)c4c3C(=O)N(C)C4)n2)c(OC)c1)OC. The second-order valence-corrected chi connectivity index (χ2v) is 13.4. The van der Waals surface area contributed by atoms with Gasteiger partial charge in [0.25, 0.3) is 5.91 Å². The molecule has 1 amide bonds. The van der Waals surface area contributed by atoms with Crippen molar-refractivity contribution in [2.75, 3.05) is 38.5 Å². The lowest BCUT2D eigenvalue weighted by atomic mass is 9.80. The molecule has 0 bridgehead atoms. The molecule has 16 heteroatoms. The molecule has 3 aromatic rings. The zero-order chi connectivity index (χ0) is 33.2. The van der Waals surface area contributed by atoms with Crippen LogP contribution in [-0.4, -0.2) is 64.8 Å². The van der Waals surface area contributed by atoms with Crippen LogP contribution in [0.15, 0.2) is 30.6 Å². The molecule has 12 nitrogen and oxygen atoms in total. The average Bonchev–Trinajstić information content (AvgIpc) is 3.32. The summed E-state index contributed by atoms with van der Waals surface area (Å²) in [6.07, 6.45) is -0.366. The van der Waals surface area contributed by atoms with Crippen molar-refractivity contribution < 1.29 is 41.4 Å². The molecule has 3 heterocycles. The number of anilines is 4. The molecule has 1 fully saturated rings. The number of nitrogens with one attached hydrogen (secondary N) is 2. The van der Waals surface area contributed by atoms with Crippen molar-refractivity contribution in [2.24, 2.45) is 0 Å². The van der Waals surface area contributed by atoms with E-state index in [0.29, 0.717) is 36.7 Å². The molecule has 2 aliphatic rings. The fourth-order valence-electron chi connectivity index (χ4n) is 5.83. The Kier molecular flexibility index (Phi) is 9.87. The molecule has 46 heavy (non-hydrogen) atoms. The highest BCUT2D eigenvalue weighted by molar-refractivity contribution is 7.53. The molecule has 1 unspecified atom stereocenters. The highest BCUT2D eigenvalue weighted by atomic mass is 31.2. The molecule has 0 saturated heterocycles. The van der Waals surface area contributed by atoms with E-state index in [1.165, 1.54) is 25.3 Å². The normalized spacial score (nSPS) is 19.5. The second-order valence-electron chi connectivity index (χ2n) is 11.2. The third-order valence-corrected chi connectivity index (χ3v) is 10.1. The number of aliphatic hydroxyl groups is 1. The number of carbonyl (C=O) groups is 1. The lowest BCUT2D eigenvalue weighted by Crippen LogP contribution is -2.18. The minimum atomic E-state index is -4.80. The van der Waals surface area contributed by atoms with E-state index in [4.69, 9.17) is 13.8 Å². The lowest BCUT2D eigenvalue weighted by Gasteiger charge is -2.27. The van der Waals surface area contributed by atoms with Crippen LogP contribution >= 0.6 is 7.60 Å². The summed E-state index contributed by atoms with van der Waals surface area (Å²) in [4.78, 5) is 27.0. The molecule has 5 rings (SSSR count). The number of fused-ring (bicyclic) bond motifs is 1. The van der Waals surface area contributed by atoms with Crippen LogP contribution in [0, 0.1) is 0 Å². The monoisotopic (exact) mass is 664 g/mol. The molecule has 2 aromatic heterocycles. The first-order chi connectivity index (χ1) is 21.9. The van der Waals surface area contributed by atoms with Gasteiger partial charge in [-0.1, -0.05) is 6.07 Å². The van der Waals surface area contributed by atoms with Crippen LogP contribution in [0.4, 0.5) is 36.4 Å². The molecule has 3 N–H and O–H groups in total. The number of alkyl halides is 3. The minimum Gasteiger partial charge on any atom is -0.493 e. The number of aromatic nitrogens is 3. The Morgan fingerprint density at radius 3 is 2.48 bits per heavy atom. The van der Waals surface area contributed by atoms with Crippen molar-refractivity contribution in [2.45, 2.75) is 63.5 Å². The topological polar surface area (TPSA) is 148 Å². The predicted molar refractivity (Wildman–Crippen MR) is 164 cm³/mol. The number of methoxy groups -OCH3 is 1. The number of benzene rings is 1. The van der Waals surface area contributed by atoms with E-state index in [0.717, 1.165) is 24.0 Å². The lowest BCUT2D eigenvalue weighted by molar-refractivity contribution is -0.137. The zero-order valence-electron chi connectivity index (χ0n) is 25.8. The third kappa shape index (κ3) is 7.12. The number of hydrogen-bond acceptors (Lipinski definition) is 11. The van der Waals surface area contributed by atoms with Crippen LogP contribution in [-0.2, 0) is 32.5 Å². The largest absolute Gasteiger partial charge is 0.493 e. The Morgan fingerprint density at radius 1 is 1.09 bits per heavy atom. The number of aliphatic hydroxyl groups excluding tert-OH is 1. The molecule has 0 spiro atoms. The standard InChI is InChI=1S/C30H36F3N6O6P/c1-5-45-46(42,44-4)16-17-12-24(43-3)27(34-13-17)38-29-35-14-22(30(31,32)33)26(37-29)36-23-11-10-20(18-6-8-19(40)9-7-18)21-15-39(2)28(41)25(21)23/h10-14,18-19,40H,5-9,15-16H2,1-4H3,(H2,34,35,36,37,38)/t18-,19-,46?. The molecule has 1 aliphatic carbocycles. The number of carbonyl (C=O) groups excluding carboxylic acids is 1. The minimum absolute atomic E-state index is 0.0778. The fourth-order valence-corrected chi connectivity index (χ4v) is 7.17. The molecule has 1 aliphatic heterocycles. The van der Waals surface area contributed by atoms with E-state index in [1.807, 2.05) is 6.07 Å². The molecule has 248 valence electrons. The molecular weight excluding hydrogens is 628 g/mol. The van der Waals surface area contributed by atoms with Crippen LogP contribution in [0.25, 0.3) is 0 Å². The highest BCUT2D eigenvalue weighted by Crippen LogP contribution is 2.51. The Morgan fingerprint density at radius 2 is 1.83 bits per heavy atom. The summed E-state index contributed by atoms with van der Waals surface area (Å²) in [6, 6.07) is 4.99. The summed E-state index contributed by atoms with van der Waals surface area (Å²) < 4.78 is 70.9. The first-order valence-corrected chi connectivity index (χ1v) is 16.5. The Labute approximate surface area is 264 Å².